The third-order valence-corrected chi connectivity index (χ3v) is 2.70. The van der Waals surface area contributed by atoms with Crippen LogP contribution in [0.5, 0.6) is 0 Å². The van der Waals surface area contributed by atoms with Crippen LogP contribution in [0.25, 0.3) is 0 Å². The Labute approximate surface area is 109 Å². The fraction of sp³-hybridized carbons (Fsp3) is 0.250. The summed E-state index contributed by atoms with van der Waals surface area (Å²) in [6.45, 7) is 0.882. The van der Waals surface area contributed by atoms with Crippen LogP contribution < -0.4 is 0 Å². The van der Waals surface area contributed by atoms with Gasteiger partial charge < -0.3 is 9.64 Å². The minimum absolute atomic E-state index is 0.186. The first-order valence-electron chi connectivity index (χ1n) is 5.28. The van der Waals surface area contributed by atoms with Gasteiger partial charge in [0.15, 0.2) is 0 Å². The number of rotatable bonds is 4. The van der Waals surface area contributed by atoms with E-state index in [1.165, 1.54) is 6.08 Å². The van der Waals surface area contributed by atoms with Crippen molar-refractivity contribution in [2.75, 3.05) is 13.2 Å². The second-order valence-electron chi connectivity index (χ2n) is 3.75. The molecular weight excluding hydrogens is 254 g/mol. The van der Waals surface area contributed by atoms with Gasteiger partial charge in [0.05, 0.1) is 11.8 Å². The highest BCUT2D eigenvalue weighted by Gasteiger charge is 2.19. The average Bonchev–Trinajstić information content (AvgIpc) is 2.78. The molecule has 0 N–H and O–H groups in total. The number of hydrogen-bond acceptors (Lipinski definition) is 5. The van der Waals surface area contributed by atoms with Crippen molar-refractivity contribution < 1.29 is 9.53 Å². The van der Waals surface area contributed by atoms with Crippen molar-refractivity contribution in [1.29, 1.82) is 5.26 Å². The molecule has 18 heavy (non-hydrogen) atoms. The summed E-state index contributed by atoms with van der Waals surface area (Å²) in [5.74, 6) is -0.373. The Morgan fingerprint density at radius 1 is 1.56 bits per heavy atom. The molecule has 5 nitrogen and oxygen atoms in total. The number of carbonyl (C=O) groups is 1. The largest absolute Gasteiger partial charge is 0.456 e. The summed E-state index contributed by atoms with van der Waals surface area (Å²) in [4.78, 5) is 16.8. The highest BCUT2D eigenvalue weighted by Crippen LogP contribution is 2.16. The Hall–Kier alpha value is -2.06. The van der Waals surface area contributed by atoms with E-state index in [4.69, 9.17) is 21.6 Å². The topological polar surface area (TPSA) is 66.2 Å². The predicted octanol–water partition coefficient (Wildman–Crippen LogP) is 1.50. The van der Waals surface area contributed by atoms with Crippen LogP contribution >= 0.6 is 11.6 Å². The summed E-state index contributed by atoms with van der Waals surface area (Å²) >= 11 is 5.70. The number of nitrogens with zero attached hydrogens (tertiary/aromatic N) is 3. The van der Waals surface area contributed by atoms with E-state index in [1.807, 2.05) is 6.07 Å². The van der Waals surface area contributed by atoms with Gasteiger partial charge in [0.1, 0.15) is 18.3 Å². The number of carbonyl (C=O) groups excluding carboxylic acids is 1. The van der Waals surface area contributed by atoms with Crippen LogP contribution in [0.4, 0.5) is 0 Å². The molecule has 6 heteroatoms. The third kappa shape index (κ3) is 2.99. The monoisotopic (exact) mass is 263 g/mol. The van der Waals surface area contributed by atoms with Gasteiger partial charge in [-0.05, 0) is 11.6 Å². The summed E-state index contributed by atoms with van der Waals surface area (Å²) in [5.41, 5.74) is 1.62. The molecule has 0 radical (unpaired) electrons. The zero-order chi connectivity index (χ0) is 13.0. The van der Waals surface area contributed by atoms with Crippen molar-refractivity contribution in [2.24, 2.45) is 0 Å². The Morgan fingerprint density at radius 2 is 2.39 bits per heavy atom. The molecule has 1 aromatic rings. The lowest BCUT2D eigenvalue weighted by Gasteiger charge is -2.21. The third-order valence-electron chi connectivity index (χ3n) is 2.48. The lowest BCUT2D eigenvalue weighted by atomic mass is 10.2. The second-order valence-corrected chi connectivity index (χ2v) is 4.13. The SMILES string of the molecule is N#CCN(Cc1ccc(Cl)nc1)C1=CC(=O)OC1. The molecule has 2 rings (SSSR count). The van der Waals surface area contributed by atoms with Gasteiger partial charge in [0.2, 0.25) is 0 Å². The number of ether oxygens (including phenoxy) is 1. The first kappa shape index (κ1) is 12.4. The lowest BCUT2D eigenvalue weighted by molar-refractivity contribution is -0.135. The summed E-state index contributed by atoms with van der Waals surface area (Å²) in [5, 5.41) is 9.22. The molecule has 0 aromatic carbocycles. The Bertz CT molecular complexity index is 519. The van der Waals surface area contributed by atoms with E-state index in [1.54, 1.807) is 17.2 Å². The maximum absolute atomic E-state index is 11.0. The minimum atomic E-state index is -0.373. The molecule has 0 fully saturated rings. The number of nitriles is 1. The van der Waals surface area contributed by atoms with E-state index >= 15 is 0 Å². The van der Waals surface area contributed by atoms with Crippen molar-refractivity contribution in [3.63, 3.8) is 0 Å². The predicted molar refractivity (Wildman–Crippen MR) is 64.3 cm³/mol. The fourth-order valence-electron chi connectivity index (χ4n) is 1.61. The summed E-state index contributed by atoms with van der Waals surface area (Å²) in [6, 6.07) is 5.58. The molecule has 1 aromatic heterocycles. The number of aromatic nitrogens is 1. The first-order chi connectivity index (χ1) is 8.69. The Morgan fingerprint density at radius 3 is 2.94 bits per heavy atom. The van der Waals surface area contributed by atoms with E-state index < -0.39 is 0 Å². The van der Waals surface area contributed by atoms with Crippen LogP contribution in [0, 0.1) is 11.3 Å². The zero-order valence-electron chi connectivity index (χ0n) is 9.47. The van der Waals surface area contributed by atoms with Crippen molar-refractivity contribution in [3.05, 3.63) is 40.8 Å². The van der Waals surface area contributed by atoms with E-state index in [0.717, 1.165) is 5.56 Å². The van der Waals surface area contributed by atoms with E-state index in [0.29, 0.717) is 17.4 Å². The van der Waals surface area contributed by atoms with Gasteiger partial charge in [-0.3, -0.25) is 0 Å². The van der Waals surface area contributed by atoms with Gasteiger partial charge in [-0.25, -0.2) is 9.78 Å². The summed E-state index contributed by atoms with van der Waals surface area (Å²) < 4.78 is 4.83. The second kappa shape index (κ2) is 5.52. The van der Waals surface area contributed by atoms with Gasteiger partial charge in [0.25, 0.3) is 0 Å². The maximum atomic E-state index is 11.0. The molecule has 0 aliphatic carbocycles. The quantitative estimate of drug-likeness (QED) is 0.468. The van der Waals surface area contributed by atoms with Gasteiger partial charge in [-0.15, -0.1) is 0 Å². The normalized spacial score (nSPS) is 13.8. The highest BCUT2D eigenvalue weighted by molar-refractivity contribution is 6.29. The minimum Gasteiger partial charge on any atom is -0.456 e. The molecule has 1 aliphatic heterocycles. The summed E-state index contributed by atoms with van der Waals surface area (Å²) in [7, 11) is 0. The number of hydrogen-bond donors (Lipinski definition) is 0. The molecule has 0 saturated carbocycles. The molecule has 0 atom stereocenters. The maximum Gasteiger partial charge on any atom is 0.333 e. The van der Waals surface area contributed by atoms with Crippen molar-refractivity contribution in [1.82, 2.24) is 9.88 Å². The van der Waals surface area contributed by atoms with Gasteiger partial charge in [-0.2, -0.15) is 5.26 Å². The molecule has 1 aliphatic rings. The van der Waals surface area contributed by atoms with Crippen LogP contribution in [-0.2, 0) is 16.1 Å². The van der Waals surface area contributed by atoms with Crippen molar-refractivity contribution in [3.8, 4) is 6.07 Å². The molecule has 92 valence electrons. The van der Waals surface area contributed by atoms with Gasteiger partial charge >= 0.3 is 5.97 Å². The number of halogens is 1. The molecule has 2 heterocycles. The van der Waals surface area contributed by atoms with E-state index in [9.17, 15) is 4.79 Å². The molecular formula is C12H10ClN3O2. The van der Waals surface area contributed by atoms with Crippen LogP contribution in [0.15, 0.2) is 30.1 Å². The molecule has 0 amide bonds. The van der Waals surface area contributed by atoms with Gasteiger partial charge in [0, 0.05) is 18.8 Å². The smallest absolute Gasteiger partial charge is 0.333 e. The standard InChI is InChI=1S/C12H10ClN3O2/c13-11-2-1-9(6-15-11)7-16(4-3-14)10-5-12(17)18-8-10/h1-2,5-6H,4,7-8H2. The average molecular weight is 264 g/mol. The highest BCUT2D eigenvalue weighted by atomic mass is 35.5. The Balaban J connectivity index is 2.12. The lowest BCUT2D eigenvalue weighted by Crippen LogP contribution is -2.24. The van der Waals surface area contributed by atoms with Crippen molar-refractivity contribution in [2.45, 2.75) is 6.54 Å². The zero-order valence-corrected chi connectivity index (χ0v) is 10.2. The van der Waals surface area contributed by atoms with Crippen LogP contribution in [0.3, 0.4) is 0 Å². The molecule has 0 unspecified atom stereocenters. The Kier molecular flexibility index (Phi) is 3.80. The number of esters is 1. The van der Waals surface area contributed by atoms with E-state index in [-0.39, 0.29) is 19.1 Å². The molecule has 0 saturated heterocycles. The molecule has 0 spiro atoms. The van der Waals surface area contributed by atoms with Crippen LogP contribution in [0.1, 0.15) is 5.56 Å². The molecule has 0 bridgehead atoms. The number of pyridine rings is 1. The number of cyclic esters (lactones) is 1. The summed E-state index contributed by atoms with van der Waals surface area (Å²) in [6.07, 6.45) is 3.05. The van der Waals surface area contributed by atoms with Gasteiger partial charge in [-0.1, -0.05) is 17.7 Å². The van der Waals surface area contributed by atoms with Crippen LogP contribution in [0.2, 0.25) is 5.15 Å². The van der Waals surface area contributed by atoms with E-state index in [2.05, 4.69) is 11.1 Å². The fourth-order valence-corrected chi connectivity index (χ4v) is 1.72. The van der Waals surface area contributed by atoms with Crippen molar-refractivity contribution >= 4 is 17.6 Å². The first-order valence-corrected chi connectivity index (χ1v) is 5.66. The van der Waals surface area contributed by atoms with Crippen LogP contribution in [-0.4, -0.2) is 29.0 Å².